The number of rotatable bonds is 4. The number of hydrogen-bond acceptors (Lipinski definition) is 7. The second-order valence-corrected chi connectivity index (χ2v) is 9.88. The Bertz CT molecular complexity index is 1530. The van der Waals surface area contributed by atoms with Crippen molar-refractivity contribution in [1.82, 2.24) is 9.97 Å². The van der Waals surface area contributed by atoms with Crippen LogP contribution in [-0.4, -0.2) is 33.9 Å². The van der Waals surface area contributed by atoms with Gasteiger partial charge in [-0.25, -0.2) is 9.37 Å². The van der Waals surface area contributed by atoms with Gasteiger partial charge < -0.3 is 9.84 Å². The molecule has 0 spiro atoms. The zero-order valence-corrected chi connectivity index (χ0v) is 21.2. The van der Waals surface area contributed by atoms with Crippen LogP contribution in [0.5, 0.6) is 5.75 Å². The van der Waals surface area contributed by atoms with Gasteiger partial charge in [-0.3, -0.25) is 19.5 Å². The second-order valence-electron chi connectivity index (χ2n) is 7.65. The van der Waals surface area contributed by atoms with Crippen molar-refractivity contribution in [1.29, 1.82) is 0 Å². The van der Waals surface area contributed by atoms with E-state index in [4.69, 9.17) is 39.5 Å². The summed E-state index contributed by atoms with van der Waals surface area (Å²) in [5.74, 6) is -2.79. The monoisotopic (exact) mass is 563 g/mol. The number of ether oxygens (including phenoxy) is 1. The fraction of sp³-hybridized carbons (Fsp3) is 0.0833. The third kappa shape index (κ3) is 3.98. The first kappa shape index (κ1) is 24.5. The van der Waals surface area contributed by atoms with Gasteiger partial charge in [0.05, 0.1) is 44.0 Å². The summed E-state index contributed by atoms with van der Waals surface area (Å²) in [4.78, 5) is 36.1. The molecule has 182 valence electrons. The maximum atomic E-state index is 14.0. The molecule has 1 aliphatic heterocycles. The number of aliphatic hydroxyl groups excluding tert-OH is 1. The molecule has 4 aromatic rings. The maximum absolute atomic E-state index is 14.0. The van der Waals surface area contributed by atoms with Crippen molar-refractivity contribution in [3.8, 4) is 5.75 Å². The van der Waals surface area contributed by atoms with Crippen LogP contribution in [0.1, 0.15) is 17.2 Å². The van der Waals surface area contributed by atoms with Gasteiger partial charge >= 0.3 is 5.91 Å². The summed E-state index contributed by atoms with van der Waals surface area (Å²) in [6.45, 7) is 0. The molecular weight excluding hydrogens is 552 g/mol. The van der Waals surface area contributed by atoms with Crippen LogP contribution < -0.4 is 9.64 Å². The van der Waals surface area contributed by atoms with E-state index in [1.165, 1.54) is 43.8 Å². The standard InChI is InChI=1S/C24H13Cl3FN3O4S/c1-35-22-13(26)6-11(7-14(22)27)20(32)18-19(10-2-4-29-5-3-10)31(23(34)21(18)33)24-30-16-8-12(25)15(28)9-17(16)36-24/h2-9,19,32H,1H3/b20-18+. The first-order chi connectivity index (χ1) is 17.2. The van der Waals surface area contributed by atoms with E-state index >= 15 is 0 Å². The average Bonchev–Trinajstić information content (AvgIpc) is 3.36. The van der Waals surface area contributed by atoms with Gasteiger partial charge in [-0.05, 0) is 42.0 Å². The Morgan fingerprint density at radius 2 is 1.75 bits per heavy atom. The summed E-state index contributed by atoms with van der Waals surface area (Å²) in [6, 6.07) is 7.45. The van der Waals surface area contributed by atoms with E-state index in [1.807, 2.05) is 0 Å². The van der Waals surface area contributed by atoms with Crippen LogP contribution in [0.4, 0.5) is 9.52 Å². The molecule has 3 heterocycles. The number of carbonyl (C=O) groups is 2. The quantitative estimate of drug-likeness (QED) is 0.175. The molecule has 36 heavy (non-hydrogen) atoms. The largest absolute Gasteiger partial charge is 0.507 e. The lowest BCUT2D eigenvalue weighted by Crippen LogP contribution is -2.29. The summed E-state index contributed by atoms with van der Waals surface area (Å²) in [6.07, 6.45) is 2.98. The number of halogens is 4. The second kappa shape index (κ2) is 9.33. The molecule has 7 nitrogen and oxygen atoms in total. The number of benzene rings is 2. The van der Waals surface area contributed by atoms with Crippen LogP contribution in [0, 0.1) is 5.82 Å². The molecule has 1 amide bonds. The maximum Gasteiger partial charge on any atom is 0.301 e. The molecular formula is C24H13Cl3FN3O4S. The average molecular weight is 565 g/mol. The molecule has 0 radical (unpaired) electrons. The predicted octanol–water partition coefficient (Wildman–Crippen LogP) is 6.43. The summed E-state index contributed by atoms with van der Waals surface area (Å²) >= 11 is 19.4. The highest BCUT2D eigenvalue weighted by Gasteiger charge is 2.48. The van der Waals surface area contributed by atoms with Crippen molar-refractivity contribution in [2.45, 2.75) is 6.04 Å². The van der Waals surface area contributed by atoms with E-state index in [1.54, 1.807) is 12.1 Å². The van der Waals surface area contributed by atoms with Gasteiger partial charge in [0.1, 0.15) is 11.6 Å². The number of anilines is 1. The molecule has 0 saturated carbocycles. The van der Waals surface area contributed by atoms with E-state index in [0.29, 0.717) is 15.8 Å². The van der Waals surface area contributed by atoms with Crippen molar-refractivity contribution in [2.24, 2.45) is 0 Å². The number of pyridine rings is 1. The molecule has 1 N–H and O–H groups in total. The Hall–Kier alpha value is -3.24. The zero-order valence-electron chi connectivity index (χ0n) is 18.1. The van der Waals surface area contributed by atoms with Gasteiger partial charge in [0.15, 0.2) is 10.9 Å². The van der Waals surface area contributed by atoms with Crippen LogP contribution >= 0.6 is 46.1 Å². The molecule has 1 atom stereocenters. The number of amides is 1. The smallest absolute Gasteiger partial charge is 0.301 e. The molecule has 2 aromatic heterocycles. The Morgan fingerprint density at radius 3 is 2.39 bits per heavy atom. The number of aliphatic hydroxyl groups is 1. The van der Waals surface area contributed by atoms with Crippen LogP contribution in [0.2, 0.25) is 15.1 Å². The molecule has 1 aliphatic rings. The van der Waals surface area contributed by atoms with Gasteiger partial charge in [0.2, 0.25) is 0 Å². The summed E-state index contributed by atoms with van der Waals surface area (Å²) in [5.41, 5.74) is 0.749. The third-order valence-electron chi connectivity index (χ3n) is 5.57. The number of aromatic nitrogens is 2. The van der Waals surface area contributed by atoms with Crippen molar-refractivity contribution in [3.05, 3.63) is 86.4 Å². The Balaban J connectivity index is 1.73. The molecule has 1 fully saturated rings. The van der Waals surface area contributed by atoms with Gasteiger partial charge in [-0.2, -0.15) is 0 Å². The molecule has 1 saturated heterocycles. The minimum absolute atomic E-state index is 0.103. The number of methoxy groups -OCH3 is 1. The van der Waals surface area contributed by atoms with E-state index in [-0.39, 0.29) is 37.1 Å². The van der Waals surface area contributed by atoms with Crippen molar-refractivity contribution >= 4 is 78.9 Å². The van der Waals surface area contributed by atoms with Gasteiger partial charge in [-0.1, -0.05) is 46.1 Å². The number of nitrogens with zero attached hydrogens (tertiary/aromatic N) is 3. The first-order valence-corrected chi connectivity index (χ1v) is 12.2. The van der Waals surface area contributed by atoms with Crippen LogP contribution in [0.25, 0.3) is 16.0 Å². The lowest BCUT2D eigenvalue weighted by Gasteiger charge is -2.22. The molecule has 12 heteroatoms. The van der Waals surface area contributed by atoms with Crippen LogP contribution in [-0.2, 0) is 9.59 Å². The zero-order chi connectivity index (χ0) is 25.7. The normalized spacial score (nSPS) is 17.2. The highest BCUT2D eigenvalue weighted by Crippen LogP contribution is 2.45. The molecule has 0 aliphatic carbocycles. The Morgan fingerprint density at radius 1 is 1.08 bits per heavy atom. The highest BCUT2D eigenvalue weighted by molar-refractivity contribution is 7.22. The van der Waals surface area contributed by atoms with Gasteiger partial charge in [-0.15, -0.1) is 0 Å². The number of carbonyl (C=O) groups excluding carboxylic acids is 2. The number of ketones is 1. The summed E-state index contributed by atoms with van der Waals surface area (Å²) in [5, 5.41) is 11.5. The summed E-state index contributed by atoms with van der Waals surface area (Å²) in [7, 11) is 1.39. The van der Waals surface area contributed by atoms with Crippen LogP contribution in [0.15, 0.2) is 54.4 Å². The van der Waals surface area contributed by atoms with Gasteiger partial charge in [0, 0.05) is 18.0 Å². The first-order valence-electron chi connectivity index (χ1n) is 10.2. The van der Waals surface area contributed by atoms with Gasteiger partial charge in [0.25, 0.3) is 5.78 Å². The third-order valence-corrected chi connectivity index (χ3v) is 7.44. The minimum Gasteiger partial charge on any atom is -0.507 e. The molecule has 0 bridgehead atoms. The molecule has 5 rings (SSSR count). The predicted molar refractivity (Wildman–Crippen MR) is 137 cm³/mol. The number of fused-ring (bicyclic) bond motifs is 1. The highest BCUT2D eigenvalue weighted by atomic mass is 35.5. The number of thiazole rings is 1. The van der Waals surface area contributed by atoms with Crippen molar-refractivity contribution in [3.63, 3.8) is 0 Å². The van der Waals surface area contributed by atoms with Crippen LogP contribution in [0.3, 0.4) is 0 Å². The number of hydrogen-bond donors (Lipinski definition) is 1. The molecule has 2 aromatic carbocycles. The van der Waals surface area contributed by atoms with E-state index in [0.717, 1.165) is 16.2 Å². The fourth-order valence-corrected chi connectivity index (χ4v) is 5.75. The number of Topliss-reactive ketones (excluding diaryl/α,β-unsaturated/α-hetero) is 1. The van der Waals surface area contributed by atoms with Crippen molar-refractivity contribution in [2.75, 3.05) is 12.0 Å². The Labute approximate surface area is 222 Å². The summed E-state index contributed by atoms with van der Waals surface area (Å²) < 4.78 is 19.6. The minimum atomic E-state index is -1.06. The van der Waals surface area contributed by atoms with E-state index < -0.39 is 29.3 Å². The topological polar surface area (TPSA) is 92.6 Å². The van der Waals surface area contributed by atoms with Crippen molar-refractivity contribution < 1.29 is 23.8 Å². The lowest BCUT2D eigenvalue weighted by molar-refractivity contribution is -0.132. The van der Waals surface area contributed by atoms with E-state index in [2.05, 4.69) is 9.97 Å². The SMILES string of the molecule is COc1c(Cl)cc(/C(O)=C2\C(=O)C(=O)N(c3nc4cc(Cl)c(F)cc4s3)C2c2ccncc2)cc1Cl. The molecule has 1 unspecified atom stereocenters. The lowest BCUT2D eigenvalue weighted by atomic mass is 9.96. The fourth-order valence-electron chi connectivity index (χ4n) is 3.95. The van der Waals surface area contributed by atoms with E-state index in [9.17, 15) is 19.1 Å². The Kier molecular flexibility index (Phi) is 6.34.